The minimum Gasteiger partial charge on any atom is -0.503 e. The first-order valence-electron chi connectivity index (χ1n) is 9.82. The summed E-state index contributed by atoms with van der Waals surface area (Å²) in [5.74, 6) is -0.586. The minimum atomic E-state index is -0.747. The van der Waals surface area contributed by atoms with E-state index in [-0.39, 0.29) is 5.57 Å². The summed E-state index contributed by atoms with van der Waals surface area (Å²) in [6, 6.07) is 6.08. The van der Waals surface area contributed by atoms with Gasteiger partial charge < -0.3 is 23.7 Å². The summed E-state index contributed by atoms with van der Waals surface area (Å²) in [4.78, 5) is 29.4. The van der Waals surface area contributed by atoms with Gasteiger partial charge in [-0.05, 0) is 62.5 Å². The Hall–Kier alpha value is -3.06. The predicted molar refractivity (Wildman–Crippen MR) is 108 cm³/mol. The maximum atomic E-state index is 12.8. The average Bonchev–Trinajstić information content (AvgIpc) is 3.47. The van der Waals surface area contributed by atoms with Crippen LogP contribution in [0.15, 0.2) is 63.0 Å². The first-order valence-corrected chi connectivity index (χ1v) is 9.82. The summed E-state index contributed by atoms with van der Waals surface area (Å²) in [6.07, 6.45) is 6.53. The number of aliphatic hydroxyl groups excluding tert-OH is 1. The molecule has 0 fully saturated rings. The van der Waals surface area contributed by atoms with Crippen LogP contribution in [0.3, 0.4) is 0 Å². The maximum Gasteiger partial charge on any atom is 0.290 e. The number of carbonyl (C=O) groups is 2. The fourth-order valence-electron chi connectivity index (χ4n) is 3.52. The van der Waals surface area contributed by atoms with E-state index in [4.69, 9.17) is 8.83 Å². The van der Waals surface area contributed by atoms with E-state index < -0.39 is 23.5 Å². The fraction of sp³-hybridized carbons (Fsp3) is 0.364. The number of hydrogen-bond acceptors (Lipinski definition) is 6. The molecule has 1 amide bonds. The normalized spacial score (nSPS) is 17.3. The zero-order valence-electron chi connectivity index (χ0n) is 16.7. The van der Waals surface area contributed by atoms with Crippen molar-refractivity contribution in [3.05, 3.63) is 65.7 Å². The summed E-state index contributed by atoms with van der Waals surface area (Å²) < 4.78 is 10.7. The lowest BCUT2D eigenvalue weighted by Gasteiger charge is -2.26. The van der Waals surface area contributed by atoms with Crippen LogP contribution in [0.1, 0.15) is 37.8 Å². The number of nitrogens with zero attached hydrogens (tertiary/aromatic N) is 2. The van der Waals surface area contributed by atoms with Crippen LogP contribution in [-0.2, 0) is 9.59 Å². The summed E-state index contributed by atoms with van der Waals surface area (Å²) in [5.41, 5.74) is 0.0237. The number of aliphatic hydroxyl groups is 1. The fourth-order valence-corrected chi connectivity index (χ4v) is 3.52. The summed E-state index contributed by atoms with van der Waals surface area (Å²) >= 11 is 0. The number of ketones is 1. The van der Waals surface area contributed by atoms with Gasteiger partial charge in [0.1, 0.15) is 17.6 Å². The van der Waals surface area contributed by atoms with Crippen LogP contribution >= 0.6 is 0 Å². The molecule has 3 heterocycles. The van der Waals surface area contributed by atoms with Gasteiger partial charge in [0, 0.05) is 6.54 Å². The molecular formula is C22H26N2O5. The molecule has 0 aromatic carbocycles. The lowest BCUT2D eigenvalue weighted by molar-refractivity contribution is -0.129. The van der Waals surface area contributed by atoms with Gasteiger partial charge in [-0.3, -0.25) is 9.59 Å². The van der Waals surface area contributed by atoms with E-state index in [0.29, 0.717) is 18.1 Å². The molecule has 2 aromatic heterocycles. The highest BCUT2D eigenvalue weighted by Crippen LogP contribution is 2.38. The monoisotopic (exact) mass is 398 g/mol. The van der Waals surface area contributed by atoms with Gasteiger partial charge in [-0.1, -0.05) is 13.8 Å². The zero-order chi connectivity index (χ0) is 20.8. The molecule has 0 saturated heterocycles. The third-order valence-corrected chi connectivity index (χ3v) is 5.09. The Morgan fingerprint density at radius 3 is 2.55 bits per heavy atom. The highest BCUT2D eigenvalue weighted by Gasteiger charge is 2.44. The number of carbonyl (C=O) groups excluding carboxylic acids is 2. The Kier molecular flexibility index (Phi) is 6.72. The van der Waals surface area contributed by atoms with Crippen molar-refractivity contribution in [2.75, 3.05) is 26.2 Å². The second-order valence-corrected chi connectivity index (χ2v) is 6.77. The Labute approximate surface area is 169 Å². The standard InChI is InChI=1S/C22H26N2O5/c1-3-23(4-2)12-7-13-24-20(18-9-6-15-29-18)19(21(26)22(24)27)17(25)11-10-16-8-5-14-28-16/h5-6,8-11,14-15,20,26H,3-4,7,12-13H2,1-2H3/b11-10+. The lowest BCUT2D eigenvalue weighted by atomic mass is 10.0. The summed E-state index contributed by atoms with van der Waals surface area (Å²) in [5, 5.41) is 10.5. The molecule has 1 aliphatic rings. The van der Waals surface area contributed by atoms with Gasteiger partial charge in [0.05, 0.1) is 18.1 Å². The average molecular weight is 398 g/mol. The van der Waals surface area contributed by atoms with E-state index in [0.717, 1.165) is 26.1 Å². The predicted octanol–water partition coefficient (Wildman–Crippen LogP) is 3.58. The summed E-state index contributed by atoms with van der Waals surface area (Å²) in [7, 11) is 0. The molecule has 0 aliphatic carbocycles. The van der Waals surface area contributed by atoms with Crippen LogP contribution < -0.4 is 0 Å². The zero-order valence-corrected chi connectivity index (χ0v) is 16.7. The topological polar surface area (TPSA) is 87.1 Å². The quantitative estimate of drug-likeness (QED) is 0.616. The molecule has 0 radical (unpaired) electrons. The number of rotatable bonds is 10. The third-order valence-electron chi connectivity index (χ3n) is 5.09. The molecule has 29 heavy (non-hydrogen) atoms. The van der Waals surface area contributed by atoms with E-state index in [9.17, 15) is 14.7 Å². The maximum absolute atomic E-state index is 12.8. The van der Waals surface area contributed by atoms with Crippen LogP contribution in [-0.4, -0.2) is 52.8 Å². The SMILES string of the molecule is CCN(CC)CCCN1C(=O)C(O)=C(C(=O)/C=C/c2ccco2)C1c1ccco1. The van der Waals surface area contributed by atoms with E-state index in [2.05, 4.69) is 18.7 Å². The lowest BCUT2D eigenvalue weighted by Crippen LogP contribution is -2.34. The Balaban J connectivity index is 1.82. The highest BCUT2D eigenvalue weighted by atomic mass is 16.3. The van der Waals surface area contributed by atoms with Gasteiger partial charge >= 0.3 is 0 Å². The van der Waals surface area contributed by atoms with Crippen LogP contribution in [0.25, 0.3) is 6.08 Å². The first-order chi connectivity index (χ1) is 14.1. The Bertz CT molecular complexity index is 876. The van der Waals surface area contributed by atoms with E-state index >= 15 is 0 Å². The smallest absolute Gasteiger partial charge is 0.290 e. The molecule has 7 heteroatoms. The van der Waals surface area contributed by atoms with Crippen LogP contribution in [0.4, 0.5) is 0 Å². The highest BCUT2D eigenvalue weighted by molar-refractivity contribution is 6.14. The molecule has 7 nitrogen and oxygen atoms in total. The van der Waals surface area contributed by atoms with Gasteiger partial charge in [0.2, 0.25) is 0 Å². The molecule has 1 unspecified atom stereocenters. The minimum absolute atomic E-state index is 0.0237. The Morgan fingerprint density at radius 1 is 1.21 bits per heavy atom. The van der Waals surface area contributed by atoms with Crippen molar-refractivity contribution in [3.8, 4) is 0 Å². The Morgan fingerprint density at radius 2 is 1.93 bits per heavy atom. The summed E-state index contributed by atoms with van der Waals surface area (Å²) in [6.45, 7) is 7.26. The van der Waals surface area contributed by atoms with Gasteiger partial charge in [-0.2, -0.15) is 0 Å². The molecule has 1 atom stereocenters. The van der Waals surface area contributed by atoms with Crippen molar-refractivity contribution in [2.24, 2.45) is 0 Å². The van der Waals surface area contributed by atoms with Gasteiger partial charge in [0.25, 0.3) is 5.91 Å². The second kappa shape index (κ2) is 9.43. The van der Waals surface area contributed by atoms with Crippen molar-refractivity contribution in [1.82, 2.24) is 9.80 Å². The van der Waals surface area contributed by atoms with Crippen molar-refractivity contribution >= 4 is 17.8 Å². The first kappa shape index (κ1) is 20.7. The van der Waals surface area contributed by atoms with Crippen LogP contribution in [0, 0.1) is 0 Å². The molecular weight excluding hydrogens is 372 g/mol. The van der Waals surface area contributed by atoms with Crippen molar-refractivity contribution in [3.63, 3.8) is 0 Å². The molecule has 1 aliphatic heterocycles. The van der Waals surface area contributed by atoms with Crippen molar-refractivity contribution in [1.29, 1.82) is 0 Å². The van der Waals surface area contributed by atoms with Crippen molar-refractivity contribution < 1.29 is 23.5 Å². The molecule has 0 saturated carbocycles. The van der Waals surface area contributed by atoms with E-state index in [1.807, 2.05) is 0 Å². The van der Waals surface area contributed by atoms with E-state index in [1.54, 1.807) is 24.3 Å². The van der Waals surface area contributed by atoms with Gasteiger partial charge in [-0.25, -0.2) is 0 Å². The molecule has 0 bridgehead atoms. The molecule has 2 aromatic rings. The second-order valence-electron chi connectivity index (χ2n) is 6.77. The molecule has 1 N–H and O–H groups in total. The largest absolute Gasteiger partial charge is 0.503 e. The van der Waals surface area contributed by atoms with Crippen molar-refractivity contribution in [2.45, 2.75) is 26.3 Å². The number of furan rings is 2. The van der Waals surface area contributed by atoms with Gasteiger partial charge in [0.15, 0.2) is 11.5 Å². The number of hydrogen-bond donors (Lipinski definition) is 1. The third kappa shape index (κ3) is 4.51. The number of allylic oxidation sites excluding steroid dienone is 1. The van der Waals surface area contributed by atoms with Gasteiger partial charge in [-0.15, -0.1) is 0 Å². The molecule has 0 spiro atoms. The van der Waals surface area contributed by atoms with E-state index in [1.165, 1.54) is 29.6 Å². The molecule has 3 rings (SSSR count). The number of amides is 1. The van der Waals surface area contributed by atoms with Crippen LogP contribution in [0.2, 0.25) is 0 Å². The molecule has 154 valence electrons. The van der Waals surface area contributed by atoms with Crippen LogP contribution in [0.5, 0.6) is 0 Å².